The van der Waals surface area contributed by atoms with E-state index in [9.17, 15) is 4.79 Å². The molecule has 0 bridgehead atoms. The summed E-state index contributed by atoms with van der Waals surface area (Å²) in [4.78, 5) is 20.7. The smallest absolute Gasteiger partial charge is 0.220 e. The molecule has 0 spiro atoms. The zero-order valence-electron chi connectivity index (χ0n) is 16.0. The number of nitrogen functional groups attached to an aromatic ring is 1. The van der Waals surface area contributed by atoms with E-state index >= 15 is 0 Å². The van der Waals surface area contributed by atoms with Gasteiger partial charge in [0.1, 0.15) is 5.52 Å². The summed E-state index contributed by atoms with van der Waals surface area (Å²) in [5.74, 6) is 0.592. The molecule has 3 N–H and O–H groups in total. The number of nitrogens with two attached hydrogens (primary N) is 1. The fraction of sp³-hybridized carbons (Fsp3) is 0.381. The Bertz CT molecular complexity index is 917. The second kappa shape index (κ2) is 8.66. The molecule has 1 amide bonds. The summed E-state index contributed by atoms with van der Waals surface area (Å²) >= 11 is 0. The minimum atomic E-state index is 0.109. The Morgan fingerprint density at radius 2 is 1.96 bits per heavy atom. The number of amides is 1. The molecule has 142 valence electrons. The lowest BCUT2D eigenvalue weighted by Crippen LogP contribution is -2.24. The first kappa shape index (κ1) is 18.9. The van der Waals surface area contributed by atoms with Gasteiger partial charge in [0.25, 0.3) is 0 Å². The second-order valence-corrected chi connectivity index (χ2v) is 6.89. The third-order valence-electron chi connectivity index (χ3n) is 4.90. The first-order chi connectivity index (χ1) is 13.1. The number of unbranched alkanes of at least 4 members (excludes halogenated alkanes) is 1. The summed E-state index contributed by atoms with van der Waals surface area (Å²) in [6.07, 6.45) is 5.02. The lowest BCUT2D eigenvalue weighted by Gasteiger charge is -2.09. The van der Waals surface area contributed by atoms with Gasteiger partial charge < -0.3 is 15.6 Å². The number of aromatic nitrogens is 3. The van der Waals surface area contributed by atoms with E-state index in [0.29, 0.717) is 18.8 Å². The number of hydrogen-bond donors (Lipinski definition) is 2. The lowest BCUT2D eigenvalue weighted by atomic mass is 10.1. The molecule has 6 nitrogen and oxygen atoms in total. The molecule has 3 rings (SSSR count). The van der Waals surface area contributed by atoms with E-state index in [4.69, 9.17) is 5.73 Å². The molecule has 6 heteroatoms. The topological polar surface area (TPSA) is 85.8 Å². The van der Waals surface area contributed by atoms with Crippen LogP contribution in [0.15, 0.2) is 36.7 Å². The predicted octanol–water partition coefficient (Wildman–Crippen LogP) is 3.16. The molecule has 2 heterocycles. The van der Waals surface area contributed by atoms with Gasteiger partial charge in [0.15, 0.2) is 5.82 Å². The molecule has 0 fully saturated rings. The molecule has 0 aliphatic rings. The molecule has 0 unspecified atom stereocenters. The number of imidazole rings is 1. The highest BCUT2D eigenvalue weighted by Crippen LogP contribution is 2.24. The first-order valence-corrected chi connectivity index (χ1v) is 9.44. The standard InChI is InChI=1S/C21H27N5O/c1-15-16(2)25-21(22)19-20(15)26(14-24-19)13-7-6-12-23-18(27)11-10-17-8-4-3-5-9-17/h3-5,8-9,14H,6-7,10-13H2,1-2H3,(H2,22,25)(H,23,27). The number of anilines is 1. The molecule has 27 heavy (non-hydrogen) atoms. The van der Waals surface area contributed by atoms with Crippen molar-refractivity contribution in [2.24, 2.45) is 0 Å². The van der Waals surface area contributed by atoms with Gasteiger partial charge in [-0.3, -0.25) is 4.79 Å². The maximum absolute atomic E-state index is 12.0. The largest absolute Gasteiger partial charge is 0.382 e. The zero-order chi connectivity index (χ0) is 19.2. The molecule has 0 aliphatic heterocycles. The van der Waals surface area contributed by atoms with Crippen molar-refractivity contribution < 1.29 is 4.79 Å². The zero-order valence-corrected chi connectivity index (χ0v) is 16.0. The molecule has 2 aromatic heterocycles. The molecule has 0 atom stereocenters. The molecule has 3 aromatic rings. The number of nitrogens with one attached hydrogen (secondary N) is 1. The quantitative estimate of drug-likeness (QED) is 0.601. The van der Waals surface area contributed by atoms with E-state index in [1.165, 1.54) is 5.56 Å². The van der Waals surface area contributed by atoms with Crippen molar-refractivity contribution in [1.29, 1.82) is 0 Å². The molecule has 0 saturated heterocycles. The van der Waals surface area contributed by atoms with Crippen LogP contribution in [-0.2, 0) is 17.8 Å². The van der Waals surface area contributed by atoms with E-state index in [1.54, 1.807) is 0 Å². The van der Waals surface area contributed by atoms with Crippen molar-refractivity contribution in [3.8, 4) is 0 Å². The minimum absolute atomic E-state index is 0.109. The van der Waals surface area contributed by atoms with Gasteiger partial charge >= 0.3 is 0 Å². The SMILES string of the molecule is Cc1nc(N)c2ncn(CCCCNC(=O)CCc3ccccc3)c2c1C. The third kappa shape index (κ3) is 4.64. The van der Waals surface area contributed by atoms with Crippen LogP contribution in [0.5, 0.6) is 0 Å². The molecule has 1 aromatic carbocycles. The number of carbonyl (C=O) groups excluding carboxylic acids is 1. The van der Waals surface area contributed by atoms with Gasteiger partial charge in [0.05, 0.1) is 11.8 Å². The predicted molar refractivity (Wildman–Crippen MR) is 108 cm³/mol. The van der Waals surface area contributed by atoms with E-state index < -0.39 is 0 Å². The van der Waals surface area contributed by atoms with E-state index in [0.717, 1.165) is 48.1 Å². The molecule has 0 saturated carbocycles. The van der Waals surface area contributed by atoms with Crippen LogP contribution in [0.1, 0.15) is 36.1 Å². The monoisotopic (exact) mass is 365 g/mol. The summed E-state index contributed by atoms with van der Waals surface area (Å²) < 4.78 is 2.13. The van der Waals surface area contributed by atoms with E-state index in [1.807, 2.05) is 31.5 Å². The Balaban J connectivity index is 1.43. The van der Waals surface area contributed by atoms with Gasteiger partial charge in [-0.1, -0.05) is 30.3 Å². The van der Waals surface area contributed by atoms with Crippen molar-refractivity contribution in [2.45, 2.75) is 46.1 Å². The maximum atomic E-state index is 12.0. The van der Waals surface area contributed by atoms with E-state index in [-0.39, 0.29) is 5.91 Å². The number of rotatable bonds is 8. The average Bonchev–Trinajstić information content (AvgIpc) is 3.10. The highest BCUT2D eigenvalue weighted by molar-refractivity contribution is 5.88. The summed E-state index contributed by atoms with van der Waals surface area (Å²) in [7, 11) is 0. The van der Waals surface area contributed by atoms with Gasteiger partial charge in [-0.05, 0) is 44.2 Å². The number of aryl methyl sites for hydroxylation is 4. The molecular formula is C21H27N5O. The van der Waals surface area contributed by atoms with Crippen LogP contribution >= 0.6 is 0 Å². The van der Waals surface area contributed by atoms with Crippen molar-refractivity contribution in [1.82, 2.24) is 19.9 Å². The van der Waals surface area contributed by atoms with Crippen molar-refractivity contribution in [2.75, 3.05) is 12.3 Å². The summed E-state index contributed by atoms with van der Waals surface area (Å²) in [5, 5.41) is 3.01. The maximum Gasteiger partial charge on any atom is 0.220 e. The van der Waals surface area contributed by atoms with Gasteiger partial charge in [-0.15, -0.1) is 0 Å². The number of carbonyl (C=O) groups is 1. The summed E-state index contributed by atoms with van der Waals surface area (Å²) in [5.41, 5.74) is 11.1. The number of benzene rings is 1. The van der Waals surface area contributed by atoms with Crippen LogP contribution in [0.4, 0.5) is 5.82 Å². The van der Waals surface area contributed by atoms with Crippen LogP contribution in [0.3, 0.4) is 0 Å². The number of nitrogens with zero attached hydrogens (tertiary/aromatic N) is 3. The first-order valence-electron chi connectivity index (χ1n) is 9.44. The Labute approximate surface area is 159 Å². The normalized spacial score (nSPS) is 11.0. The Morgan fingerprint density at radius 1 is 1.19 bits per heavy atom. The van der Waals surface area contributed by atoms with Crippen LogP contribution in [0.25, 0.3) is 11.0 Å². The van der Waals surface area contributed by atoms with E-state index in [2.05, 4.69) is 38.9 Å². The Hall–Kier alpha value is -2.89. The summed E-state index contributed by atoms with van der Waals surface area (Å²) in [6, 6.07) is 10.1. The van der Waals surface area contributed by atoms with Crippen molar-refractivity contribution >= 4 is 22.8 Å². The summed E-state index contributed by atoms with van der Waals surface area (Å²) in [6.45, 7) is 5.56. The van der Waals surface area contributed by atoms with Gasteiger partial charge in [0, 0.05) is 25.2 Å². The van der Waals surface area contributed by atoms with Crippen molar-refractivity contribution in [3.05, 3.63) is 53.5 Å². The molecule has 0 aliphatic carbocycles. The fourth-order valence-electron chi connectivity index (χ4n) is 3.25. The van der Waals surface area contributed by atoms with Crippen molar-refractivity contribution in [3.63, 3.8) is 0 Å². The fourth-order valence-corrected chi connectivity index (χ4v) is 3.25. The van der Waals surface area contributed by atoms with Gasteiger partial charge in [-0.25, -0.2) is 9.97 Å². The number of fused-ring (bicyclic) bond motifs is 1. The van der Waals surface area contributed by atoms with Crippen LogP contribution in [-0.4, -0.2) is 27.0 Å². The average molecular weight is 365 g/mol. The Morgan fingerprint density at radius 3 is 2.74 bits per heavy atom. The highest BCUT2D eigenvalue weighted by Gasteiger charge is 2.12. The lowest BCUT2D eigenvalue weighted by molar-refractivity contribution is -0.121. The number of hydrogen-bond acceptors (Lipinski definition) is 4. The third-order valence-corrected chi connectivity index (χ3v) is 4.90. The molecular weight excluding hydrogens is 338 g/mol. The van der Waals surface area contributed by atoms with Crippen LogP contribution < -0.4 is 11.1 Å². The number of pyridine rings is 1. The molecule has 0 radical (unpaired) electrons. The van der Waals surface area contributed by atoms with Gasteiger partial charge in [-0.2, -0.15) is 0 Å². The highest BCUT2D eigenvalue weighted by atomic mass is 16.1. The van der Waals surface area contributed by atoms with Gasteiger partial charge in [0.2, 0.25) is 5.91 Å². The minimum Gasteiger partial charge on any atom is -0.382 e. The second-order valence-electron chi connectivity index (χ2n) is 6.89. The Kier molecular flexibility index (Phi) is 6.06. The van der Waals surface area contributed by atoms with Crippen LogP contribution in [0.2, 0.25) is 0 Å². The van der Waals surface area contributed by atoms with Crippen LogP contribution in [0, 0.1) is 13.8 Å².